The molecule has 0 saturated heterocycles. The Morgan fingerprint density at radius 1 is 1.04 bits per heavy atom. The molecule has 0 spiro atoms. The Morgan fingerprint density at radius 3 is 2.54 bits per heavy atom. The monoisotopic (exact) mass is 383 g/mol. The Labute approximate surface area is 149 Å². The second-order valence-corrected chi connectivity index (χ2v) is 7.21. The number of fused-ring (bicyclic) bond motifs is 1. The number of benzene rings is 2. The van der Waals surface area contributed by atoms with E-state index in [4.69, 9.17) is 0 Å². The molecule has 2 aromatic carbocycles. The van der Waals surface area contributed by atoms with Crippen molar-refractivity contribution in [2.24, 2.45) is 0 Å². The number of halogens is 1. The zero-order chi connectivity index (χ0) is 16.7. The molecule has 0 bridgehead atoms. The maximum absolute atomic E-state index is 4.18. The van der Waals surface area contributed by atoms with E-state index < -0.39 is 0 Å². The van der Waals surface area contributed by atoms with Gasteiger partial charge in [-0.2, -0.15) is 0 Å². The number of hydrogen-bond acceptors (Lipinski definition) is 4. The van der Waals surface area contributed by atoms with Crippen LogP contribution in [0.1, 0.15) is 40.8 Å². The molecule has 0 saturated carbocycles. The summed E-state index contributed by atoms with van der Waals surface area (Å²) in [5.74, 6) is 0.720. The highest BCUT2D eigenvalue weighted by Gasteiger charge is 2.30. The average molecular weight is 384 g/mol. The first-order valence-electron chi connectivity index (χ1n) is 7.99. The Balaban J connectivity index is 1.72. The molecule has 2 heterocycles. The van der Waals surface area contributed by atoms with Gasteiger partial charge in [0.05, 0.1) is 12.1 Å². The van der Waals surface area contributed by atoms with Crippen LogP contribution in [0.5, 0.6) is 0 Å². The minimum atomic E-state index is 0.121. The highest BCUT2D eigenvalue weighted by atomic mass is 79.9. The van der Waals surface area contributed by atoms with Gasteiger partial charge in [-0.1, -0.05) is 51.4 Å². The average Bonchev–Trinajstić information content (AvgIpc) is 3.06. The van der Waals surface area contributed by atoms with Crippen LogP contribution >= 0.6 is 15.9 Å². The predicted octanol–water partition coefficient (Wildman–Crippen LogP) is 4.20. The largest absolute Gasteiger partial charge is 0.346 e. The van der Waals surface area contributed by atoms with E-state index >= 15 is 0 Å². The van der Waals surface area contributed by atoms with Gasteiger partial charge in [0.15, 0.2) is 0 Å². The van der Waals surface area contributed by atoms with Crippen LogP contribution in [-0.4, -0.2) is 20.2 Å². The van der Waals surface area contributed by atoms with Crippen molar-refractivity contribution in [2.75, 3.05) is 5.32 Å². The lowest BCUT2D eigenvalue weighted by Gasteiger charge is -2.31. The van der Waals surface area contributed by atoms with Gasteiger partial charge in [0.1, 0.15) is 0 Å². The Morgan fingerprint density at radius 2 is 1.79 bits per heavy atom. The number of anilines is 1. The summed E-state index contributed by atoms with van der Waals surface area (Å²) in [6.45, 7) is 4.29. The second kappa shape index (κ2) is 6.02. The van der Waals surface area contributed by atoms with E-state index in [0.29, 0.717) is 0 Å². The smallest absolute Gasteiger partial charge is 0.243 e. The van der Waals surface area contributed by atoms with Crippen LogP contribution in [0.25, 0.3) is 0 Å². The SMILES string of the molecule is Cc1ccc([C@@H]2C[C@H](c3ccc(Br)cc3)n3nnnc3N2)cc1C. The third-order valence-electron chi connectivity index (χ3n) is 4.74. The number of aryl methyl sites for hydroxylation is 2. The molecule has 122 valence electrons. The standard InChI is InChI=1S/C18H18BrN5/c1-11-3-4-14(9-12(11)2)16-10-17(13-5-7-15(19)8-6-13)24-18(20-16)21-22-23-24/h3-9,16-17H,10H2,1-2H3,(H,20,21,23)/t16-,17+/m0/s1. The summed E-state index contributed by atoms with van der Waals surface area (Å²) in [4.78, 5) is 0. The lowest BCUT2D eigenvalue weighted by atomic mass is 9.92. The van der Waals surface area contributed by atoms with E-state index in [-0.39, 0.29) is 12.1 Å². The second-order valence-electron chi connectivity index (χ2n) is 6.29. The van der Waals surface area contributed by atoms with Crippen molar-refractivity contribution in [2.45, 2.75) is 32.4 Å². The Bertz CT molecular complexity index is 871. The fraction of sp³-hybridized carbons (Fsp3) is 0.278. The highest BCUT2D eigenvalue weighted by molar-refractivity contribution is 9.10. The molecule has 1 N–H and O–H groups in total. The normalized spacial score (nSPS) is 19.6. The third kappa shape index (κ3) is 2.71. The van der Waals surface area contributed by atoms with Crippen molar-refractivity contribution < 1.29 is 0 Å². The van der Waals surface area contributed by atoms with E-state index in [1.807, 2.05) is 4.68 Å². The van der Waals surface area contributed by atoms with Crippen LogP contribution in [0.2, 0.25) is 0 Å². The molecule has 0 radical (unpaired) electrons. The van der Waals surface area contributed by atoms with E-state index in [1.54, 1.807) is 0 Å². The maximum atomic E-state index is 4.18. The first-order valence-corrected chi connectivity index (χ1v) is 8.78. The lowest BCUT2D eigenvalue weighted by molar-refractivity contribution is 0.423. The topological polar surface area (TPSA) is 55.6 Å². The molecule has 5 nitrogen and oxygen atoms in total. The number of nitrogens with zero attached hydrogens (tertiary/aromatic N) is 4. The third-order valence-corrected chi connectivity index (χ3v) is 5.27. The maximum Gasteiger partial charge on any atom is 0.243 e. The van der Waals surface area contributed by atoms with Crippen molar-refractivity contribution in [3.8, 4) is 0 Å². The van der Waals surface area contributed by atoms with Gasteiger partial charge in [-0.3, -0.25) is 0 Å². The van der Waals surface area contributed by atoms with Crippen LogP contribution < -0.4 is 5.32 Å². The number of aromatic nitrogens is 4. The van der Waals surface area contributed by atoms with Gasteiger partial charge in [0.2, 0.25) is 5.95 Å². The molecule has 1 aliphatic heterocycles. The van der Waals surface area contributed by atoms with Crippen LogP contribution in [0.3, 0.4) is 0 Å². The van der Waals surface area contributed by atoms with Gasteiger partial charge < -0.3 is 5.32 Å². The van der Waals surface area contributed by atoms with E-state index in [2.05, 4.69) is 93.1 Å². The molecule has 0 fully saturated rings. The molecule has 1 aromatic heterocycles. The van der Waals surface area contributed by atoms with Gasteiger partial charge in [-0.05, 0) is 65.1 Å². The molecule has 0 amide bonds. The first-order chi connectivity index (χ1) is 11.6. The molecule has 0 aliphatic carbocycles. The van der Waals surface area contributed by atoms with Crippen molar-refractivity contribution in [3.63, 3.8) is 0 Å². The summed E-state index contributed by atoms with van der Waals surface area (Å²) in [5, 5.41) is 15.6. The minimum absolute atomic E-state index is 0.121. The Kier molecular flexibility index (Phi) is 3.84. The quantitative estimate of drug-likeness (QED) is 0.720. The number of tetrazole rings is 1. The summed E-state index contributed by atoms with van der Waals surface area (Å²) >= 11 is 3.50. The lowest BCUT2D eigenvalue weighted by Crippen LogP contribution is -2.28. The predicted molar refractivity (Wildman–Crippen MR) is 97.0 cm³/mol. The van der Waals surface area contributed by atoms with Crippen LogP contribution in [-0.2, 0) is 0 Å². The van der Waals surface area contributed by atoms with Gasteiger partial charge in [-0.25, -0.2) is 4.68 Å². The van der Waals surface area contributed by atoms with Crippen molar-refractivity contribution in [3.05, 3.63) is 69.2 Å². The fourth-order valence-corrected chi connectivity index (χ4v) is 3.46. The summed E-state index contributed by atoms with van der Waals surface area (Å²) < 4.78 is 2.95. The molecule has 4 rings (SSSR count). The summed E-state index contributed by atoms with van der Waals surface area (Å²) in [6.07, 6.45) is 0.905. The molecule has 24 heavy (non-hydrogen) atoms. The number of hydrogen-bond donors (Lipinski definition) is 1. The number of nitrogens with one attached hydrogen (secondary N) is 1. The molecule has 3 aromatic rings. The van der Waals surface area contributed by atoms with E-state index in [0.717, 1.165) is 16.8 Å². The summed E-state index contributed by atoms with van der Waals surface area (Å²) in [5.41, 5.74) is 5.10. The van der Waals surface area contributed by atoms with Crippen molar-refractivity contribution >= 4 is 21.9 Å². The summed E-state index contributed by atoms with van der Waals surface area (Å²) in [7, 11) is 0. The molecule has 2 atom stereocenters. The molecule has 1 aliphatic rings. The van der Waals surface area contributed by atoms with Gasteiger partial charge in [0, 0.05) is 4.47 Å². The van der Waals surface area contributed by atoms with Crippen LogP contribution in [0, 0.1) is 13.8 Å². The fourth-order valence-electron chi connectivity index (χ4n) is 3.20. The molecular weight excluding hydrogens is 366 g/mol. The van der Waals surface area contributed by atoms with Gasteiger partial charge in [-0.15, -0.1) is 0 Å². The van der Waals surface area contributed by atoms with Crippen molar-refractivity contribution in [1.82, 2.24) is 20.2 Å². The zero-order valence-electron chi connectivity index (χ0n) is 13.6. The summed E-state index contributed by atoms with van der Waals surface area (Å²) in [6, 6.07) is 15.3. The van der Waals surface area contributed by atoms with Crippen LogP contribution in [0.4, 0.5) is 5.95 Å². The Hall–Kier alpha value is -2.21. The van der Waals surface area contributed by atoms with Gasteiger partial charge >= 0.3 is 0 Å². The van der Waals surface area contributed by atoms with Gasteiger partial charge in [0.25, 0.3) is 0 Å². The van der Waals surface area contributed by atoms with E-state index in [1.165, 1.54) is 22.3 Å². The minimum Gasteiger partial charge on any atom is -0.346 e. The van der Waals surface area contributed by atoms with E-state index in [9.17, 15) is 0 Å². The zero-order valence-corrected chi connectivity index (χ0v) is 15.2. The molecule has 6 heteroatoms. The number of rotatable bonds is 2. The highest BCUT2D eigenvalue weighted by Crippen LogP contribution is 2.37. The van der Waals surface area contributed by atoms with Crippen LogP contribution in [0.15, 0.2) is 46.9 Å². The van der Waals surface area contributed by atoms with Crippen molar-refractivity contribution in [1.29, 1.82) is 0 Å². The molecular formula is C18H18BrN5. The molecule has 0 unspecified atom stereocenters. The first kappa shape index (κ1) is 15.3.